The lowest BCUT2D eigenvalue weighted by Crippen LogP contribution is -2.39. The van der Waals surface area contributed by atoms with Gasteiger partial charge in [-0.1, -0.05) is 19.8 Å². The molecule has 0 fully saturated rings. The zero-order valence-electron chi connectivity index (χ0n) is 16.0. The highest BCUT2D eigenvalue weighted by Gasteiger charge is 2.26. The zero-order valence-corrected chi connectivity index (χ0v) is 16.9. The first-order chi connectivity index (χ1) is 13.1. The van der Waals surface area contributed by atoms with Crippen molar-refractivity contribution in [2.75, 3.05) is 12.4 Å². The summed E-state index contributed by atoms with van der Waals surface area (Å²) in [5, 5.41) is 3.58. The van der Waals surface area contributed by atoms with Gasteiger partial charge in [-0.15, -0.1) is 11.3 Å². The van der Waals surface area contributed by atoms with Crippen LogP contribution in [0.15, 0.2) is 24.5 Å². The molecule has 0 aromatic carbocycles. The number of amides is 1. The second kappa shape index (κ2) is 9.13. The number of carbonyl (C=O) groups excluding carboxylic acids is 2. The third-order valence-electron chi connectivity index (χ3n) is 4.89. The molecule has 3 rings (SSSR count). The molecular formula is C21H27N2O3S+. The molecule has 2 aromatic rings. The van der Waals surface area contributed by atoms with Gasteiger partial charge in [0.05, 0.1) is 12.7 Å². The SMILES string of the molecule is CCCc1cc[n+](CC(=O)Nc2sc3c(c2C(=O)OC)CCCCC3)cc1. The Balaban J connectivity index is 1.76. The molecule has 144 valence electrons. The van der Waals surface area contributed by atoms with E-state index in [1.54, 1.807) is 0 Å². The number of hydrogen-bond donors (Lipinski definition) is 1. The summed E-state index contributed by atoms with van der Waals surface area (Å²) in [6, 6.07) is 4.09. The van der Waals surface area contributed by atoms with E-state index in [1.807, 2.05) is 29.1 Å². The summed E-state index contributed by atoms with van der Waals surface area (Å²) < 4.78 is 6.84. The fourth-order valence-corrected chi connectivity index (χ4v) is 4.82. The number of nitrogens with zero attached hydrogens (tertiary/aromatic N) is 1. The largest absolute Gasteiger partial charge is 0.465 e. The number of esters is 1. The smallest absolute Gasteiger partial charge is 0.341 e. The van der Waals surface area contributed by atoms with Crippen molar-refractivity contribution in [1.29, 1.82) is 0 Å². The molecule has 0 spiro atoms. The summed E-state index contributed by atoms with van der Waals surface area (Å²) in [5.41, 5.74) is 2.89. The van der Waals surface area contributed by atoms with Crippen LogP contribution in [0, 0.1) is 0 Å². The molecule has 27 heavy (non-hydrogen) atoms. The number of carbonyl (C=O) groups is 2. The van der Waals surface area contributed by atoms with Crippen LogP contribution in [0.3, 0.4) is 0 Å². The van der Waals surface area contributed by atoms with E-state index < -0.39 is 0 Å². The van der Waals surface area contributed by atoms with Gasteiger partial charge in [-0.2, -0.15) is 4.57 Å². The van der Waals surface area contributed by atoms with E-state index >= 15 is 0 Å². The van der Waals surface area contributed by atoms with Crippen LogP contribution in [-0.2, 0) is 35.3 Å². The Labute approximate surface area is 164 Å². The Morgan fingerprint density at radius 3 is 2.63 bits per heavy atom. The average molecular weight is 388 g/mol. The van der Waals surface area contributed by atoms with Gasteiger partial charge in [0.25, 0.3) is 5.91 Å². The third-order valence-corrected chi connectivity index (χ3v) is 6.10. The van der Waals surface area contributed by atoms with Crippen LogP contribution in [0.5, 0.6) is 0 Å². The number of ether oxygens (including phenoxy) is 1. The minimum absolute atomic E-state index is 0.134. The summed E-state index contributed by atoms with van der Waals surface area (Å²) >= 11 is 1.52. The standard InChI is InChI=1S/C21H26N2O3S/c1-3-7-15-10-12-23(13-11-15)14-18(24)22-20-19(21(25)26-2)16-8-5-4-6-9-17(16)27-20/h10-13H,3-9,14H2,1-2H3/p+1. The van der Waals surface area contributed by atoms with Crippen molar-refractivity contribution in [1.82, 2.24) is 0 Å². The quantitative estimate of drug-likeness (QED) is 0.467. The minimum Gasteiger partial charge on any atom is -0.465 e. The topological polar surface area (TPSA) is 59.3 Å². The first-order valence-electron chi connectivity index (χ1n) is 9.63. The second-order valence-electron chi connectivity index (χ2n) is 6.94. The van der Waals surface area contributed by atoms with Gasteiger partial charge < -0.3 is 10.1 Å². The molecule has 0 aliphatic heterocycles. The van der Waals surface area contributed by atoms with E-state index in [0.29, 0.717) is 10.6 Å². The fraction of sp³-hybridized carbons (Fsp3) is 0.476. The third kappa shape index (κ3) is 4.75. The summed E-state index contributed by atoms with van der Waals surface area (Å²) in [7, 11) is 1.39. The van der Waals surface area contributed by atoms with Gasteiger partial charge in [0.2, 0.25) is 6.54 Å². The number of rotatable bonds is 6. The molecule has 2 heterocycles. The molecule has 1 aliphatic carbocycles. The number of aryl methyl sites for hydroxylation is 2. The average Bonchev–Trinajstić information content (AvgIpc) is 2.83. The van der Waals surface area contributed by atoms with Crippen molar-refractivity contribution in [2.45, 2.75) is 58.4 Å². The lowest BCUT2D eigenvalue weighted by atomic mass is 10.1. The predicted octanol–water partition coefficient (Wildman–Crippen LogP) is 3.68. The molecule has 1 N–H and O–H groups in total. The Bertz CT molecular complexity index is 812. The molecule has 0 saturated carbocycles. The highest BCUT2D eigenvalue weighted by atomic mass is 32.1. The van der Waals surface area contributed by atoms with Crippen LogP contribution in [0.4, 0.5) is 5.00 Å². The van der Waals surface area contributed by atoms with Gasteiger partial charge in [-0.25, -0.2) is 4.79 Å². The van der Waals surface area contributed by atoms with Crippen LogP contribution >= 0.6 is 11.3 Å². The lowest BCUT2D eigenvalue weighted by Gasteiger charge is -2.06. The number of thiophene rings is 1. The summed E-state index contributed by atoms with van der Waals surface area (Å²) in [5.74, 6) is -0.494. The maximum atomic E-state index is 12.6. The van der Waals surface area contributed by atoms with Crippen LogP contribution in [-0.4, -0.2) is 19.0 Å². The molecule has 1 aliphatic rings. The van der Waals surface area contributed by atoms with Crippen molar-refractivity contribution in [3.05, 3.63) is 46.1 Å². The van der Waals surface area contributed by atoms with Crippen molar-refractivity contribution in [3.8, 4) is 0 Å². The monoisotopic (exact) mass is 387 g/mol. The molecular weight excluding hydrogens is 360 g/mol. The normalized spacial score (nSPS) is 13.6. The number of nitrogens with one attached hydrogen (secondary N) is 1. The van der Waals surface area contributed by atoms with E-state index in [9.17, 15) is 9.59 Å². The lowest BCUT2D eigenvalue weighted by molar-refractivity contribution is -0.684. The number of aromatic nitrogens is 1. The van der Waals surface area contributed by atoms with Crippen molar-refractivity contribution in [3.63, 3.8) is 0 Å². The molecule has 0 saturated heterocycles. The molecule has 0 radical (unpaired) electrons. The minimum atomic E-state index is -0.360. The first-order valence-corrected chi connectivity index (χ1v) is 10.4. The highest BCUT2D eigenvalue weighted by molar-refractivity contribution is 7.17. The maximum absolute atomic E-state index is 12.6. The predicted molar refractivity (Wildman–Crippen MR) is 106 cm³/mol. The van der Waals surface area contributed by atoms with Crippen LogP contribution < -0.4 is 9.88 Å². The van der Waals surface area contributed by atoms with Gasteiger partial charge >= 0.3 is 5.97 Å². The van der Waals surface area contributed by atoms with Crippen LogP contribution in [0.25, 0.3) is 0 Å². The first kappa shape index (κ1) is 19.5. The van der Waals surface area contributed by atoms with Gasteiger partial charge in [0, 0.05) is 17.0 Å². The van der Waals surface area contributed by atoms with Crippen molar-refractivity contribution < 1.29 is 18.9 Å². The van der Waals surface area contributed by atoms with Crippen molar-refractivity contribution >= 4 is 28.2 Å². The highest BCUT2D eigenvalue weighted by Crippen LogP contribution is 2.37. The Morgan fingerprint density at radius 1 is 1.19 bits per heavy atom. The van der Waals surface area contributed by atoms with Gasteiger partial charge in [0.1, 0.15) is 5.00 Å². The molecule has 2 aromatic heterocycles. The fourth-order valence-electron chi connectivity index (χ4n) is 3.53. The molecule has 6 heteroatoms. The van der Waals surface area contributed by atoms with Gasteiger partial charge in [-0.05, 0) is 43.2 Å². The summed E-state index contributed by atoms with van der Waals surface area (Å²) in [6.45, 7) is 2.37. The van der Waals surface area contributed by atoms with E-state index in [4.69, 9.17) is 4.74 Å². The number of hydrogen-bond acceptors (Lipinski definition) is 4. The van der Waals surface area contributed by atoms with Crippen LogP contribution in [0.1, 0.15) is 59.0 Å². The van der Waals surface area contributed by atoms with E-state index in [2.05, 4.69) is 12.2 Å². The summed E-state index contributed by atoms with van der Waals surface area (Å²) in [4.78, 5) is 26.1. The Morgan fingerprint density at radius 2 is 1.93 bits per heavy atom. The van der Waals surface area contributed by atoms with E-state index in [-0.39, 0.29) is 18.4 Å². The van der Waals surface area contributed by atoms with Crippen molar-refractivity contribution in [2.24, 2.45) is 0 Å². The van der Waals surface area contributed by atoms with E-state index in [1.165, 1.54) is 35.3 Å². The Kier molecular flexibility index (Phi) is 6.61. The van der Waals surface area contributed by atoms with E-state index in [0.717, 1.165) is 44.1 Å². The molecule has 0 unspecified atom stereocenters. The molecule has 0 bridgehead atoms. The van der Waals surface area contributed by atoms with Gasteiger partial charge in [0.15, 0.2) is 12.4 Å². The number of pyridine rings is 1. The molecule has 5 nitrogen and oxygen atoms in total. The molecule has 1 amide bonds. The Hall–Kier alpha value is -2.21. The van der Waals surface area contributed by atoms with Crippen LogP contribution in [0.2, 0.25) is 0 Å². The molecule has 0 atom stereocenters. The zero-order chi connectivity index (χ0) is 19.2. The summed E-state index contributed by atoms with van der Waals surface area (Å²) in [6.07, 6.45) is 11.2. The second-order valence-corrected chi connectivity index (χ2v) is 8.04. The van der Waals surface area contributed by atoms with Gasteiger partial charge in [-0.3, -0.25) is 4.79 Å². The number of anilines is 1. The number of fused-ring (bicyclic) bond motifs is 1. The maximum Gasteiger partial charge on any atom is 0.341 e. The number of methoxy groups -OCH3 is 1.